The van der Waals surface area contributed by atoms with Crippen molar-refractivity contribution in [1.82, 2.24) is 4.57 Å². The molecule has 2 saturated carbocycles. The average molecular weight is 402 g/mol. The Morgan fingerprint density at radius 3 is 2.54 bits per heavy atom. The number of carbonyl (C=O) groups is 2. The molecule has 2 fully saturated rings. The largest absolute Gasteiger partial charge is 0.469 e. The van der Waals surface area contributed by atoms with Crippen molar-refractivity contribution in [2.75, 3.05) is 7.11 Å². The lowest BCUT2D eigenvalue weighted by atomic mass is 9.50. The molecule has 0 N–H and O–H groups in total. The van der Waals surface area contributed by atoms with E-state index in [0.29, 0.717) is 17.8 Å². The molecular weight excluding hydrogens is 366 g/mol. The zero-order valence-electron chi connectivity index (χ0n) is 18.2. The summed E-state index contributed by atoms with van der Waals surface area (Å²) in [4.78, 5) is 25.2. The highest BCUT2D eigenvalue weighted by molar-refractivity contribution is 6.76. The van der Waals surface area contributed by atoms with E-state index in [-0.39, 0.29) is 28.6 Å². The molecule has 6 atom stereocenters. The molecule has 0 unspecified atom stereocenters. The van der Waals surface area contributed by atoms with Gasteiger partial charge in [-0.25, -0.2) is 0 Å². The van der Waals surface area contributed by atoms with E-state index in [1.165, 1.54) is 12.8 Å². The van der Waals surface area contributed by atoms with Crippen molar-refractivity contribution in [3.05, 3.63) is 23.9 Å². The molecule has 4 rings (SSSR count). The van der Waals surface area contributed by atoms with Gasteiger partial charge >= 0.3 is 5.97 Å². The molecule has 0 aromatic heterocycles. The van der Waals surface area contributed by atoms with Gasteiger partial charge in [0, 0.05) is 11.1 Å². The van der Waals surface area contributed by atoms with Gasteiger partial charge in [-0.3, -0.25) is 9.59 Å². The van der Waals surface area contributed by atoms with Crippen LogP contribution in [0.4, 0.5) is 0 Å². The van der Waals surface area contributed by atoms with Crippen LogP contribution in [0.2, 0.25) is 19.6 Å². The van der Waals surface area contributed by atoms with Crippen molar-refractivity contribution in [2.45, 2.75) is 65.6 Å². The lowest BCUT2D eigenvalue weighted by Gasteiger charge is -2.58. The van der Waals surface area contributed by atoms with Gasteiger partial charge in [-0.15, -0.1) is 0 Å². The number of fused-ring (bicyclic) bond motifs is 5. The third-order valence-corrected chi connectivity index (χ3v) is 10.3. The smallest absolute Gasteiger partial charge is 0.309 e. The summed E-state index contributed by atoms with van der Waals surface area (Å²) in [6, 6.07) is 0. The molecule has 3 aliphatic carbocycles. The summed E-state index contributed by atoms with van der Waals surface area (Å²) in [5.41, 5.74) is 1.25. The minimum atomic E-state index is -1.80. The monoisotopic (exact) mass is 401 g/mol. The van der Waals surface area contributed by atoms with E-state index < -0.39 is 8.24 Å². The minimum Gasteiger partial charge on any atom is -0.469 e. The first-order valence-electron chi connectivity index (χ1n) is 10.9. The third kappa shape index (κ3) is 2.61. The van der Waals surface area contributed by atoms with Crippen molar-refractivity contribution in [3.63, 3.8) is 0 Å². The summed E-state index contributed by atoms with van der Waals surface area (Å²) in [6.45, 7) is 11.5. The molecule has 0 spiro atoms. The van der Waals surface area contributed by atoms with E-state index >= 15 is 0 Å². The highest BCUT2D eigenvalue weighted by atomic mass is 28.3. The molecule has 0 aromatic carbocycles. The SMILES string of the molecule is COC(=O)[C@H]1CC[C@H]2[C@@H]3CC=C4N([Si](C)(C)C)C(=O)C=C[C@]4(C)[C@H]3CC[C@]12C. The van der Waals surface area contributed by atoms with Gasteiger partial charge < -0.3 is 9.30 Å². The lowest BCUT2D eigenvalue weighted by Crippen LogP contribution is -2.58. The van der Waals surface area contributed by atoms with Crippen LogP contribution in [-0.4, -0.2) is 31.8 Å². The van der Waals surface area contributed by atoms with Gasteiger partial charge in [0.25, 0.3) is 0 Å². The molecule has 28 heavy (non-hydrogen) atoms. The average Bonchev–Trinajstić information content (AvgIpc) is 2.97. The number of allylic oxidation sites excluding steroid dienone is 2. The van der Waals surface area contributed by atoms with Crippen LogP contribution in [0.1, 0.15) is 46.0 Å². The Hall–Kier alpha value is -1.36. The molecular formula is C23H35NO3Si. The van der Waals surface area contributed by atoms with Gasteiger partial charge in [0.15, 0.2) is 8.24 Å². The fraction of sp³-hybridized carbons (Fsp3) is 0.739. The first-order chi connectivity index (χ1) is 13.0. The molecule has 1 amide bonds. The van der Waals surface area contributed by atoms with Crippen LogP contribution in [0.5, 0.6) is 0 Å². The van der Waals surface area contributed by atoms with Crippen LogP contribution in [0.3, 0.4) is 0 Å². The molecule has 154 valence electrons. The molecule has 4 nitrogen and oxygen atoms in total. The highest BCUT2D eigenvalue weighted by Gasteiger charge is 2.60. The fourth-order valence-corrected chi connectivity index (χ4v) is 9.01. The Morgan fingerprint density at radius 2 is 1.89 bits per heavy atom. The Labute approximate surface area is 170 Å². The topological polar surface area (TPSA) is 46.6 Å². The predicted molar refractivity (Wildman–Crippen MR) is 113 cm³/mol. The second-order valence-corrected chi connectivity index (χ2v) is 15.6. The Bertz CT molecular complexity index is 766. The number of rotatable bonds is 2. The van der Waals surface area contributed by atoms with Gasteiger partial charge in [0.2, 0.25) is 5.91 Å². The van der Waals surface area contributed by atoms with E-state index in [2.05, 4.69) is 50.2 Å². The first kappa shape index (κ1) is 19.9. The molecule has 0 aromatic rings. The predicted octanol–water partition coefficient (Wildman–Crippen LogP) is 4.75. The summed E-state index contributed by atoms with van der Waals surface area (Å²) in [6.07, 6.45) is 11.7. The standard InChI is InChI=1S/C23H35NO3Si/c1-22-13-11-17-15(16(22)8-9-18(22)21(26)27-3)7-10-19-23(17,2)14-12-20(25)24(19)28(4,5)6/h10,12,14-18H,7-9,11,13H2,1-6H3/t15-,16-,17-,18+,22-,23+/m0/s1. The Kier molecular flexibility index (Phi) is 4.50. The highest BCUT2D eigenvalue weighted by Crippen LogP contribution is 2.65. The number of esters is 1. The second kappa shape index (κ2) is 6.32. The van der Waals surface area contributed by atoms with Crippen molar-refractivity contribution in [1.29, 1.82) is 0 Å². The van der Waals surface area contributed by atoms with Crippen molar-refractivity contribution < 1.29 is 14.3 Å². The quantitative estimate of drug-likeness (QED) is 0.496. The minimum absolute atomic E-state index is 0.0187. The Morgan fingerprint density at radius 1 is 1.18 bits per heavy atom. The van der Waals surface area contributed by atoms with E-state index in [0.717, 1.165) is 32.1 Å². The van der Waals surface area contributed by atoms with E-state index in [1.807, 2.05) is 6.08 Å². The number of ether oxygens (including phenoxy) is 1. The summed E-state index contributed by atoms with van der Waals surface area (Å²) in [5.74, 6) is 1.89. The van der Waals surface area contributed by atoms with Crippen LogP contribution in [0.25, 0.3) is 0 Å². The summed E-state index contributed by atoms with van der Waals surface area (Å²) >= 11 is 0. The van der Waals surface area contributed by atoms with E-state index in [4.69, 9.17) is 4.74 Å². The van der Waals surface area contributed by atoms with Crippen LogP contribution < -0.4 is 0 Å². The van der Waals surface area contributed by atoms with Gasteiger partial charge in [0.1, 0.15) is 0 Å². The maximum absolute atomic E-state index is 12.8. The van der Waals surface area contributed by atoms with Crippen LogP contribution in [0, 0.1) is 34.5 Å². The van der Waals surface area contributed by atoms with Gasteiger partial charge in [-0.1, -0.05) is 45.6 Å². The molecule has 1 aliphatic heterocycles. The van der Waals surface area contributed by atoms with Crippen molar-refractivity contribution >= 4 is 20.1 Å². The van der Waals surface area contributed by atoms with Gasteiger partial charge in [0.05, 0.1) is 13.0 Å². The molecule has 0 radical (unpaired) electrons. The van der Waals surface area contributed by atoms with Gasteiger partial charge in [-0.2, -0.15) is 0 Å². The molecule has 0 saturated heterocycles. The number of carbonyl (C=O) groups excluding carboxylic acids is 2. The molecule has 0 bridgehead atoms. The van der Waals surface area contributed by atoms with Crippen molar-refractivity contribution in [2.24, 2.45) is 34.5 Å². The normalized spacial score (nSPS) is 42.4. The number of hydrogen-bond donors (Lipinski definition) is 0. The summed E-state index contributed by atoms with van der Waals surface area (Å²) < 4.78 is 7.31. The number of methoxy groups -OCH3 is 1. The Balaban J connectivity index is 1.71. The maximum Gasteiger partial charge on any atom is 0.309 e. The van der Waals surface area contributed by atoms with Crippen LogP contribution in [0.15, 0.2) is 23.9 Å². The zero-order valence-corrected chi connectivity index (χ0v) is 19.2. The van der Waals surface area contributed by atoms with E-state index in [9.17, 15) is 9.59 Å². The summed E-state index contributed by atoms with van der Waals surface area (Å²) in [7, 11) is -0.276. The maximum atomic E-state index is 12.8. The van der Waals surface area contributed by atoms with Crippen LogP contribution >= 0.6 is 0 Å². The first-order valence-corrected chi connectivity index (χ1v) is 14.3. The molecule has 5 heteroatoms. The number of nitrogens with zero attached hydrogens (tertiary/aromatic N) is 1. The fourth-order valence-electron chi connectivity index (χ4n) is 7.22. The van der Waals surface area contributed by atoms with Crippen LogP contribution in [-0.2, 0) is 14.3 Å². The lowest BCUT2D eigenvalue weighted by molar-refractivity contribution is -0.152. The summed E-state index contributed by atoms with van der Waals surface area (Å²) in [5, 5.41) is 0. The molecule has 1 heterocycles. The number of amides is 1. The second-order valence-electron chi connectivity index (χ2n) is 10.9. The molecule has 4 aliphatic rings. The van der Waals surface area contributed by atoms with Crippen molar-refractivity contribution in [3.8, 4) is 0 Å². The van der Waals surface area contributed by atoms with E-state index in [1.54, 1.807) is 0 Å². The third-order valence-electron chi connectivity index (χ3n) is 8.53. The zero-order chi connectivity index (χ0) is 20.5. The van der Waals surface area contributed by atoms with Gasteiger partial charge in [-0.05, 0) is 61.3 Å². The number of hydrogen-bond acceptors (Lipinski definition) is 3.